The highest BCUT2D eigenvalue weighted by molar-refractivity contribution is 5.77. The summed E-state index contributed by atoms with van der Waals surface area (Å²) >= 11 is 0. The van der Waals surface area contributed by atoms with Crippen LogP contribution in [0.25, 0.3) is 0 Å². The van der Waals surface area contributed by atoms with E-state index in [-0.39, 0.29) is 24.9 Å². The van der Waals surface area contributed by atoms with Crippen LogP contribution in [0.15, 0.2) is 12.2 Å². The summed E-state index contributed by atoms with van der Waals surface area (Å²) in [7, 11) is 0. The van der Waals surface area contributed by atoms with Crippen molar-refractivity contribution in [2.24, 2.45) is 0 Å². The third-order valence-electron chi connectivity index (χ3n) is 10.6. The highest BCUT2D eigenvalue weighted by Gasteiger charge is 2.24. The van der Waals surface area contributed by atoms with Gasteiger partial charge in [0, 0.05) is 6.42 Å². The Kier molecular flexibility index (Phi) is 39.7. The highest BCUT2D eigenvalue weighted by atomic mass is 16.5. The summed E-state index contributed by atoms with van der Waals surface area (Å²) in [6.45, 7) is 6.43. The monoisotopic (exact) mass is 736 g/mol. The van der Waals surface area contributed by atoms with Gasteiger partial charge in [-0.1, -0.05) is 200 Å². The van der Waals surface area contributed by atoms with E-state index in [0.717, 1.165) is 51.4 Å². The first-order valence-corrected chi connectivity index (χ1v) is 22.9. The van der Waals surface area contributed by atoms with E-state index in [4.69, 9.17) is 4.74 Å². The lowest BCUT2D eigenvalue weighted by Gasteiger charge is -2.24. The standard InChI is InChI=1S/C46H89NO5/c1-4-7-10-13-16-19-22-25-28-31-34-37-42(52-46(51)39-36-33-30-27-24-21-18-15-12-9-6-3)40-45(50)47-43(41-48)44(49)38-35-32-29-26-23-20-17-14-11-8-5-2/h15,18,42-44,48-49H,4-14,16-17,19-41H2,1-3H3,(H,47,50)/b18-15-. The maximum Gasteiger partial charge on any atom is 0.306 e. The topological polar surface area (TPSA) is 95.9 Å². The van der Waals surface area contributed by atoms with Crippen molar-refractivity contribution in [3.05, 3.63) is 12.2 Å². The average molecular weight is 736 g/mol. The van der Waals surface area contributed by atoms with Gasteiger partial charge in [0.2, 0.25) is 5.91 Å². The van der Waals surface area contributed by atoms with E-state index in [1.54, 1.807) is 0 Å². The SMILES string of the molecule is CCCC/C=C\CCCCCCCC(=O)OC(CCCCCCCCCCCCC)CC(=O)NC(CO)C(O)CCCCCCCCCCCCC. The Bertz CT molecular complexity index is 787. The maximum absolute atomic E-state index is 13.1. The van der Waals surface area contributed by atoms with Gasteiger partial charge in [-0.25, -0.2) is 0 Å². The minimum Gasteiger partial charge on any atom is -0.462 e. The zero-order valence-electron chi connectivity index (χ0n) is 35.0. The Balaban J connectivity index is 4.56. The number of unbranched alkanes of at least 4 members (excludes halogenated alkanes) is 27. The first-order valence-electron chi connectivity index (χ1n) is 22.9. The molecule has 1 amide bonds. The van der Waals surface area contributed by atoms with Crippen molar-refractivity contribution >= 4 is 11.9 Å². The number of allylic oxidation sites excluding steroid dienone is 2. The predicted octanol–water partition coefficient (Wildman–Crippen LogP) is 13.0. The summed E-state index contributed by atoms with van der Waals surface area (Å²) in [6, 6.07) is -0.694. The molecule has 0 aromatic carbocycles. The van der Waals surface area contributed by atoms with Crippen molar-refractivity contribution in [3.8, 4) is 0 Å². The van der Waals surface area contributed by atoms with Gasteiger partial charge >= 0.3 is 5.97 Å². The molecule has 6 nitrogen and oxygen atoms in total. The largest absolute Gasteiger partial charge is 0.462 e. The van der Waals surface area contributed by atoms with Crippen LogP contribution in [0.1, 0.15) is 245 Å². The second-order valence-corrected chi connectivity index (χ2v) is 15.8. The second-order valence-electron chi connectivity index (χ2n) is 15.8. The van der Waals surface area contributed by atoms with Crippen LogP contribution in [0.5, 0.6) is 0 Å². The number of aliphatic hydroxyl groups is 2. The lowest BCUT2D eigenvalue weighted by atomic mass is 10.0. The van der Waals surface area contributed by atoms with Crippen LogP contribution in [0.3, 0.4) is 0 Å². The van der Waals surface area contributed by atoms with Crippen molar-refractivity contribution in [1.82, 2.24) is 5.32 Å². The lowest BCUT2D eigenvalue weighted by Crippen LogP contribution is -2.46. The molecule has 0 saturated carbocycles. The van der Waals surface area contributed by atoms with Gasteiger partial charge in [-0.3, -0.25) is 9.59 Å². The van der Waals surface area contributed by atoms with Crippen molar-refractivity contribution < 1.29 is 24.5 Å². The van der Waals surface area contributed by atoms with E-state index in [2.05, 4.69) is 38.2 Å². The second kappa shape index (κ2) is 40.8. The minimum atomic E-state index is -0.780. The number of carbonyl (C=O) groups excluding carboxylic acids is 2. The quantitative estimate of drug-likeness (QED) is 0.0330. The van der Waals surface area contributed by atoms with Gasteiger partial charge in [0.1, 0.15) is 6.10 Å². The van der Waals surface area contributed by atoms with Crippen molar-refractivity contribution in [2.45, 2.75) is 264 Å². The number of hydrogen-bond donors (Lipinski definition) is 3. The van der Waals surface area contributed by atoms with Crippen LogP contribution < -0.4 is 5.32 Å². The summed E-state index contributed by atoms with van der Waals surface area (Å²) in [5, 5.41) is 23.6. The Morgan fingerprint density at radius 3 is 1.42 bits per heavy atom. The number of ether oxygens (including phenoxy) is 1. The van der Waals surface area contributed by atoms with E-state index in [0.29, 0.717) is 19.3 Å². The zero-order valence-corrected chi connectivity index (χ0v) is 35.0. The third kappa shape index (κ3) is 35.6. The molecule has 0 radical (unpaired) electrons. The number of carbonyl (C=O) groups is 2. The summed E-state index contributed by atoms with van der Waals surface area (Å²) < 4.78 is 5.89. The number of esters is 1. The molecular weight excluding hydrogens is 647 g/mol. The van der Waals surface area contributed by atoms with Crippen LogP contribution in [0.4, 0.5) is 0 Å². The number of aliphatic hydroxyl groups excluding tert-OH is 2. The highest BCUT2D eigenvalue weighted by Crippen LogP contribution is 2.18. The molecule has 0 aliphatic heterocycles. The molecule has 6 heteroatoms. The fraction of sp³-hybridized carbons (Fsp3) is 0.913. The Morgan fingerprint density at radius 1 is 0.538 bits per heavy atom. The Hall–Kier alpha value is -1.40. The number of rotatable bonds is 41. The Labute approximate surface area is 323 Å². The number of nitrogens with one attached hydrogen (secondary N) is 1. The molecule has 0 aliphatic carbocycles. The van der Waals surface area contributed by atoms with Gasteiger partial charge in [0.05, 0.1) is 25.2 Å². The number of hydrogen-bond acceptors (Lipinski definition) is 5. The molecule has 0 aliphatic rings. The van der Waals surface area contributed by atoms with Gasteiger partial charge in [-0.2, -0.15) is 0 Å². The Morgan fingerprint density at radius 2 is 0.942 bits per heavy atom. The van der Waals surface area contributed by atoms with Crippen molar-refractivity contribution in [2.75, 3.05) is 6.61 Å². The van der Waals surface area contributed by atoms with Crippen molar-refractivity contribution in [3.63, 3.8) is 0 Å². The van der Waals surface area contributed by atoms with Gasteiger partial charge in [0.15, 0.2) is 0 Å². The molecule has 0 rings (SSSR count). The van der Waals surface area contributed by atoms with Gasteiger partial charge in [-0.05, 0) is 44.9 Å². The molecular formula is C46H89NO5. The number of amides is 1. The summed E-state index contributed by atoms with van der Waals surface area (Å²) in [6.07, 6.45) is 42.6. The van der Waals surface area contributed by atoms with Crippen LogP contribution >= 0.6 is 0 Å². The van der Waals surface area contributed by atoms with E-state index in [1.165, 1.54) is 148 Å². The van der Waals surface area contributed by atoms with Crippen LogP contribution in [0, 0.1) is 0 Å². The van der Waals surface area contributed by atoms with Crippen LogP contribution in [-0.4, -0.2) is 46.9 Å². The molecule has 0 bridgehead atoms. The van der Waals surface area contributed by atoms with E-state index in [1.807, 2.05) is 0 Å². The van der Waals surface area contributed by atoms with E-state index < -0.39 is 18.2 Å². The molecule has 0 heterocycles. The predicted molar refractivity (Wildman–Crippen MR) is 223 cm³/mol. The first kappa shape index (κ1) is 50.6. The summed E-state index contributed by atoms with van der Waals surface area (Å²) in [4.78, 5) is 25.9. The molecule has 0 spiro atoms. The van der Waals surface area contributed by atoms with Gasteiger partial charge < -0.3 is 20.3 Å². The molecule has 0 saturated heterocycles. The lowest BCUT2D eigenvalue weighted by molar-refractivity contribution is -0.151. The molecule has 3 unspecified atom stereocenters. The van der Waals surface area contributed by atoms with E-state index >= 15 is 0 Å². The third-order valence-corrected chi connectivity index (χ3v) is 10.6. The van der Waals surface area contributed by atoms with Crippen LogP contribution in [0.2, 0.25) is 0 Å². The van der Waals surface area contributed by atoms with Gasteiger partial charge in [-0.15, -0.1) is 0 Å². The van der Waals surface area contributed by atoms with Gasteiger partial charge in [0.25, 0.3) is 0 Å². The van der Waals surface area contributed by atoms with E-state index in [9.17, 15) is 19.8 Å². The maximum atomic E-state index is 13.1. The minimum absolute atomic E-state index is 0.0803. The molecule has 308 valence electrons. The summed E-state index contributed by atoms with van der Waals surface area (Å²) in [5.41, 5.74) is 0. The van der Waals surface area contributed by atoms with Crippen LogP contribution in [-0.2, 0) is 14.3 Å². The zero-order chi connectivity index (χ0) is 38.2. The summed E-state index contributed by atoms with van der Waals surface area (Å²) in [5.74, 6) is -0.475. The molecule has 3 atom stereocenters. The molecule has 0 aromatic heterocycles. The molecule has 3 N–H and O–H groups in total. The fourth-order valence-electron chi connectivity index (χ4n) is 7.06. The molecule has 0 fully saturated rings. The fourth-order valence-corrected chi connectivity index (χ4v) is 7.06. The normalized spacial score (nSPS) is 13.4. The smallest absolute Gasteiger partial charge is 0.306 e. The first-order chi connectivity index (χ1) is 25.5. The van der Waals surface area contributed by atoms with Crippen molar-refractivity contribution in [1.29, 1.82) is 0 Å². The molecule has 0 aromatic rings. The molecule has 52 heavy (non-hydrogen) atoms. The average Bonchev–Trinajstić information content (AvgIpc) is 3.13.